The molecule has 0 aliphatic rings. The van der Waals surface area contributed by atoms with Crippen molar-refractivity contribution < 1.29 is 4.79 Å². The largest absolute Gasteiger partial charge is 0.356 e. The molecule has 1 amide bonds. The van der Waals surface area contributed by atoms with Gasteiger partial charge in [-0.25, -0.2) is 0 Å². The fraction of sp³-hybridized carbons (Fsp3) is 0.533. The van der Waals surface area contributed by atoms with Crippen LogP contribution in [-0.4, -0.2) is 12.5 Å². The summed E-state index contributed by atoms with van der Waals surface area (Å²) in [6.07, 6.45) is 1.46. The summed E-state index contributed by atoms with van der Waals surface area (Å²) in [5, 5.41) is 2.90. The molecule has 1 N–H and O–H groups in total. The van der Waals surface area contributed by atoms with Crippen molar-refractivity contribution in [2.24, 2.45) is 0 Å². The zero-order valence-corrected chi connectivity index (χ0v) is 11.3. The van der Waals surface area contributed by atoms with E-state index in [-0.39, 0.29) is 11.3 Å². The Hall–Kier alpha value is -1.31. The molecule has 0 unspecified atom stereocenters. The van der Waals surface area contributed by atoms with Crippen LogP contribution in [0.3, 0.4) is 0 Å². The highest BCUT2D eigenvalue weighted by Crippen LogP contribution is 2.22. The number of hydrogen-bond donors (Lipinski definition) is 1. The van der Waals surface area contributed by atoms with Gasteiger partial charge in [0, 0.05) is 13.0 Å². The first-order valence-electron chi connectivity index (χ1n) is 6.29. The van der Waals surface area contributed by atoms with Crippen LogP contribution >= 0.6 is 0 Å². The third kappa shape index (κ3) is 4.59. The van der Waals surface area contributed by atoms with Gasteiger partial charge in [-0.05, 0) is 23.0 Å². The molecule has 0 atom stereocenters. The van der Waals surface area contributed by atoms with Crippen LogP contribution in [0.1, 0.15) is 45.2 Å². The molecule has 0 saturated heterocycles. The molecular formula is C15H23NO. The standard InChI is InChI=1S/C15H23NO/c1-5-14(17)16-10-9-12-7-6-8-13(11-12)15(2,3)4/h6-8,11H,5,9-10H2,1-4H3,(H,16,17). The number of benzene rings is 1. The summed E-state index contributed by atoms with van der Waals surface area (Å²) in [4.78, 5) is 11.1. The van der Waals surface area contributed by atoms with Crippen molar-refractivity contribution >= 4 is 5.91 Å². The Labute approximate surface area is 104 Å². The van der Waals surface area contributed by atoms with E-state index in [9.17, 15) is 4.79 Å². The second-order valence-corrected chi connectivity index (χ2v) is 5.40. The molecule has 0 bridgehead atoms. The minimum Gasteiger partial charge on any atom is -0.356 e. The lowest BCUT2D eigenvalue weighted by Gasteiger charge is -2.19. The van der Waals surface area contributed by atoms with E-state index in [1.807, 2.05) is 6.92 Å². The molecule has 0 radical (unpaired) electrons. The Morgan fingerprint density at radius 3 is 2.59 bits per heavy atom. The summed E-state index contributed by atoms with van der Waals surface area (Å²) in [5.74, 6) is 0.122. The number of rotatable bonds is 4. The smallest absolute Gasteiger partial charge is 0.219 e. The molecule has 0 heterocycles. The van der Waals surface area contributed by atoms with Gasteiger partial charge in [-0.2, -0.15) is 0 Å². The number of nitrogens with one attached hydrogen (secondary N) is 1. The Kier molecular flexibility index (Phi) is 4.73. The minimum atomic E-state index is 0.122. The van der Waals surface area contributed by atoms with Gasteiger partial charge in [-0.1, -0.05) is 52.0 Å². The Morgan fingerprint density at radius 2 is 2.00 bits per heavy atom. The molecule has 0 saturated carbocycles. The van der Waals surface area contributed by atoms with E-state index in [1.54, 1.807) is 0 Å². The van der Waals surface area contributed by atoms with Crippen molar-refractivity contribution in [2.45, 2.75) is 46.0 Å². The summed E-state index contributed by atoms with van der Waals surface area (Å²) in [5.41, 5.74) is 2.81. The fourth-order valence-electron chi connectivity index (χ4n) is 1.66. The average Bonchev–Trinajstić information content (AvgIpc) is 2.28. The molecule has 1 rings (SSSR count). The predicted octanol–water partition coefficient (Wildman–Crippen LogP) is 3.05. The third-order valence-electron chi connectivity index (χ3n) is 2.85. The van der Waals surface area contributed by atoms with Gasteiger partial charge in [-0.3, -0.25) is 4.79 Å². The molecule has 2 heteroatoms. The fourth-order valence-corrected chi connectivity index (χ4v) is 1.66. The van der Waals surface area contributed by atoms with Gasteiger partial charge in [-0.15, -0.1) is 0 Å². The van der Waals surface area contributed by atoms with E-state index < -0.39 is 0 Å². The SMILES string of the molecule is CCC(=O)NCCc1cccc(C(C)(C)C)c1. The van der Waals surface area contributed by atoms with Crippen LogP contribution in [0.4, 0.5) is 0 Å². The lowest BCUT2D eigenvalue weighted by atomic mass is 9.86. The average molecular weight is 233 g/mol. The Balaban J connectivity index is 2.58. The monoisotopic (exact) mass is 233 g/mol. The van der Waals surface area contributed by atoms with Gasteiger partial charge in [0.25, 0.3) is 0 Å². The molecular weight excluding hydrogens is 210 g/mol. The quantitative estimate of drug-likeness (QED) is 0.851. The first kappa shape index (κ1) is 13.8. The first-order chi connectivity index (χ1) is 7.93. The molecule has 2 nitrogen and oxygen atoms in total. The minimum absolute atomic E-state index is 0.122. The zero-order valence-electron chi connectivity index (χ0n) is 11.3. The maximum atomic E-state index is 11.1. The summed E-state index contributed by atoms with van der Waals surface area (Å²) in [6.45, 7) is 9.23. The summed E-state index contributed by atoms with van der Waals surface area (Å²) >= 11 is 0. The van der Waals surface area contributed by atoms with E-state index in [0.717, 1.165) is 13.0 Å². The van der Waals surface area contributed by atoms with Crippen molar-refractivity contribution in [3.63, 3.8) is 0 Å². The van der Waals surface area contributed by atoms with E-state index in [2.05, 4.69) is 50.4 Å². The molecule has 0 aromatic heterocycles. The third-order valence-corrected chi connectivity index (χ3v) is 2.85. The van der Waals surface area contributed by atoms with Crippen LogP contribution < -0.4 is 5.32 Å². The molecule has 0 fully saturated rings. The highest BCUT2D eigenvalue weighted by molar-refractivity contribution is 5.75. The zero-order chi connectivity index (χ0) is 12.9. The van der Waals surface area contributed by atoms with Gasteiger partial charge in [0.2, 0.25) is 5.91 Å². The predicted molar refractivity (Wildman–Crippen MR) is 72.1 cm³/mol. The van der Waals surface area contributed by atoms with Crippen LogP contribution in [0, 0.1) is 0 Å². The van der Waals surface area contributed by atoms with Crippen molar-refractivity contribution in [1.29, 1.82) is 0 Å². The van der Waals surface area contributed by atoms with Crippen molar-refractivity contribution in [1.82, 2.24) is 5.32 Å². The van der Waals surface area contributed by atoms with E-state index in [4.69, 9.17) is 0 Å². The summed E-state index contributed by atoms with van der Waals surface area (Å²) in [7, 11) is 0. The maximum Gasteiger partial charge on any atom is 0.219 e. The van der Waals surface area contributed by atoms with Crippen LogP contribution in [0.5, 0.6) is 0 Å². The van der Waals surface area contributed by atoms with Crippen LogP contribution in [0.25, 0.3) is 0 Å². The Morgan fingerprint density at radius 1 is 1.29 bits per heavy atom. The molecule has 0 aliphatic carbocycles. The molecule has 0 spiro atoms. The number of amides is 1. The van der Waals surface area contributed by atoms with Crippen molar-refractivity contribution in [3.05, 3.63) is 35.4 Å². The lowest BCUT2D eigenvalue weighted by Crippen LogP contribution is -2.24. The van der Waals surface area contributed by atoms with Crippen molar-refractivity contribution in [3.8, 4) is 0 Å². The molecule has 0 aliphatic heterocycles. The molecule has 17 heavy (non-hydrogen) atoms. The first-order valence-corrected chi connectivity index (χ1v) is 6.29. The van der Waals surface area contributed by atoms with E-state index >= 15 is 0 Å². The van der Waals surface area contributed by atoms with Crippen LogP contribution in [-0.2, 0) is 16.6 Å². The number of hydrogen-bond acceptors (Lipinski definition) is 1. The topological polar surface area (TPSA) is 29.1 Å². The van der Waals surface area contributed by atoms with Gasteiger partial charge in [0.1, 0.15) is 0 Å². The number of carbonyl (C=O) groups is 1. The van der Waals surface area contributed by atoms with Crippen molar-refractivity contribution in [2.75, 3.05) is 6.54 Å². The van der Waals surface area contributed by atoms with Crippen LogP contribution in [0.15, 0.2) is 24.3 Å². The summed E-state index contributed by atoms with van der Waals surface area (Å²) in [6, 6.07) is 8.61. The highest BCUT2D eigenvalue weighted by atomic mass is 16.1. The number of carbonyl (C=O) groups excluding carboxylic acids is 1. The highest BCUT2D eigenvalue weighted by Gasteiger charge is 2.13. The van der Waals surface area contributed by atoms with Gasteiger partial charge < -0.3 is 5.32 Å². The van der Waals surface area contributed by atoms with E-state index in [1.165, 1.54) is 11.1 Å². The lowest BCUT2D eigenvalue weighted by molar-refractivity contribution is -0.120. The summed E-state index contributed by atoms with van der Waals surface area (Å²) < 4.78 is 0. The molecule has 1 aromatic rings. The van der Waals surface area contributed by atoms with Gasteiger partial charge in [0.05, 0.1) is 0 Å². The van der Waals surface area contributed by atoms with Crippen LogP contribution in [0.2, 0.25) is 0 Å². The molecule has 1 aromatic carbocycles. The second-order valence-electron chi connectivity index (χ2n) is 5.40. The van der Waals surface area contributed by atoms with Gasteiger partial charge in [0.15, 0.2) is 0 Å². The molecule has 94 valence electrons. The Bertz CT molecular complexity index is 377. The normalized spacial score (nSPS) is 11.3. The van der Waals surface area contributed by atoms with Gasteiger partial charge >= 0.3 is 0 Å². The second kappa shape index (κ2) is 5.85. The van der Waals surface area contributed by atoms with E-state index in [0.29, 0.717) is 6.42 Å². The maximum absolute atomic E-state index is 11.1.